The molecule has 166 valence electrons. The van der Waals surface area contributed by atoms with E-state index in [4.69, 9.17) is 20.9 Å². The van der Waals surface area contributed by atoms with Crippen LogP contribution in [0.2, 0.25) is 0 Å². The molecule has 10 nitrogen and oxygen atoms in total. The zero-order chi connectivity index (χ0) is 22.6. The quantitative estimate of drug-likeness (QED) is 0.455. The zero-order valence-corrected chi connectivity index (χ0v) is 17.8. The van der Waals surface area contributed by atoms with Gasteiger partial charge in [-0.25, -0.2) is 9.79 Å². The van der Waals surface area contributed by atoms with Crippen LogP contribution in [0.1, 0.15) is 32.1 Å². The predicted octanol–water partition coefficient (Wildman–Crippen LogP) is 2.64. The van der Waals surface area contributed by atoms with Crippen LogP contribution in [0.25, 0.3) is 27.7 Å². The van der Waals surface area contributed by atoms with Gasteiger partial charge in [0.25, 0.3) is 0 Å². The Kier molecular flexibility index (Phi) is 4.22. The minimum atomic E-state index is -0.568. The number of rotatable bonds is 2. The Morgan fingerprint density at radius 2 is 1.67 bits per heavy atom. The SMILES string of the molecule is NC1=NC2(CCCCC2)N(c2ccc3cc(-n4nc5ccccc5n4)c(=O)oc3c2)C(N)=N1. The van der Waals surface area contributed by atoms with Crippen LogP contribution in [-0.4, -0.2) is 32.6 Å². The van der Waals surface area contributed by atoms with Crippen molar-refractivity contribution in [2.45, 2.75) is 37.8 Å². The molecule has 6 rings (SSSR count). The standard InChI is InChI=1S/C23H22N8O2/c24-21-26-22(25)30(23(27-21)10-4-1-5-11-23)15-9-8-14-12-18(20(32)33-19(14)13-15)31-28-16-6-2-3-7-17(16)29-31/h2-3,6-9,12-13H,1,4-5,10-11H2,(H4,24,25,26,27). The first kappa shape index (κ1) is 19.5. The van der Waals surface area contributed by atoms with Crippen LogP contribution in [0.3, 0.4) is 0 Å². The summed E-state index contributed by atoms with van der Waals surface area (Å²) >= 11 is 0. The molecule has 10 heteroatoms. The lowest BCUT2D eigenvalue weighted by molar-refractivity contribution is 0.305. The van der Waals surface area contributed by atoms with E-state index in [-0.39, 0.29) is 17.6 Å². The summed E-state index contributed by atoms with van der Waals surface area (Å²) in [6, 6.07) is 14.8. The van der Waals surface area contributed by atoms with E-state index in [9.17, 15) is 4.79 Å². The molecule has 0 atom stereocenters. The lowest BCUT2D eigenvalue weighted by Gasteiger charge is -2.45. The summed E-state index contributed by atoms with van der Waals surface area (Å²) in [6.07, 6.45) is 4.84. The Morgan fingerprint density at radius 1 is 0.939 bits per heavy atom. The highest BCUT2D eigenvalue weighted by Gasteiger charge is 2.42. The number of nitrogens with two attached hydrogens (primary N) is 2. The zero-order valence-electron chi connectivity index (χ0n) is 17.8. The normalized spacial score (nSPS) is 18.0. The second kappa shape index (κ2) is 7.16. The van der Waals surface area contributed by atoms with E-state index in [1.54, 1.807) is 12.1 Å². The maximum atomic E-state index is 12.8. The fourth-order valence-corrected chi connectivity index (χ4v) is 4.83. The van der Waals surface area contributed by atoms with E-state index in [0.717, 1.165) is 43.2 Å². The second-order valence-electron chi connectivity index (χ2n) is 8.44. The van der Waals surface area contributed by atoms with Gasteiger partial charge in [0, 0.05) is 11.5 Å². The molecule has 3 heterocycles. The first-order chi connectivity index (χ1) is 16.0. The molecule has 2 aromatic carbocycles. The van der Waals surface area contributed by atoms with Crippen molar-refractivity contribution in [3.05, 3.63) is 59.0 Å². The molecule has 2 aromatic heterocycles. The minimum absolute atomic E-state index is 0.196. The van der Waals surface area contributed by atoms with Crippen LogP contribution >= 0.6 is 0 Å². The van der Waals surface area contributed by atoms with Gasteiger partial charge in [-0.3, -0.25) is 4.90 Å². The van der Waals surface area contributed by atoms with E-state index < -0.39 is 11.3 Å². The molecule has 4 N–H and O–H groups in total. The van der Waals surface area contributed by atoms with Crippen LogP contribution in [0.15, 0.2) is 67.7 Å². The molecule has 0 radical (unpaired) electrons. The minimum Gasteiger partial charge on any atom is -0.421 e. The molecule has 0 amide bonds. The number of anilines is 1. The first-order valence-corrected chi connectivity index (χ1v) is 10.9. The van der Waals surface area contributed by atoms with Crippen molar-refractivity contribution in [2.75, 3.05) is 4.90 Å². The van der Waals surface area contributed by atoms with Crippen molar-refractivity contribution >= 4 is 39.6 Å². The predicted molar refractivity (Wildman–Crippen MR) is 126 cm³/mol. The van der Waals surface area contributed by atoms with Crippen molar-refractivity contribution in [1.82, 2.24) is 15.0 Å². The average molecular weight is 442 g/mol. The van der Waals surface area contributed by atoms with Crippen molar-refractivity contribution in [3.63, 3.8) is 0 Å². The van der Waals surface area contributed by atoms with E-state index in [2.05, 4.69) is 15.2 Å². The summed E-state index contributed by atoms with van der Waals surface area (Å²) < 4.78 is 5.68. The Morgan fingerprint density at radius 3 is 2.39 bits per heavy atom. The molecule has 0 saturated heterocycles. The van der Waals surface area contributed by atoms with Gasteiger partial charge in [-0.05, 0) is 56.0 Å². The maximum absolute atomic E-state index is 12.8. The average Bonchev–Trinajstić information content (AvgIpc) is 3.22. The fraction of sp³-hybridized carbons (Fsp3) is 0.261. The van der Waals surface area contributed by atoms with E-state index in [1.165, 1.54) is 4.80 Å². The van der Waals surface area contributed by atoms with Crippen molar-refractivity contribution < 1.29 is 4.42 Å². The van der Waals surface area contributed by atoms with Crippen molar-refractivity contribution in [1.29, 1.82) is 0 Å². The van der Waals surface area contributed by atoms with Gasteiger partial charge in [0.2, 0.25) is 11.9 Å². The Labute approximate surface area is 188 Å². The molecule has 1 aliphatic carbocycles. The van der Waals surface area contributed by atoms with Gasteiger partial charge in [-0.15, -0.1) is 15.0 Å². The molecule has 1 saturated carbocycles. The summed E-state index contributed by atoms with van der Waals surface area (Å²) in [5.41, 5.74) is 14.0. The lowest BCUT2D eigenvalue weighted by atomic mass is 9.87. The van der Waals surface area contributed by atoms with Crippen LogP contribution in [0, 0.1) is 0 Å². The summed E-state index contributed by atoms with van der Waals surface area (Å²) in [7, 11) is 0. The number of guanidine groups is 2. The summed E-state index contributed by atoms with van der Waals surface area (Å²) in [4.78, 5) is 25.0. The van der Waals surface area contributed by atoms with E-state index >= 15 is 0 Å². The van der Waals surface area contributed by atoms with Gasteiger partial charge in [-0.2, -0.15) is 4.99 Å². The third kappa shape index (κ3) is 3.13. The molecule has 1 spiro atoms. The molecule has 0 unspecified atom stereocenters. The number of nitrogens with zero attached hydrogens (tertiary/aromatic N) is 6. The second-order valence-corrected chi connectivity index (χ2v) is 8.44. The van der Waals surface area contributed by atoms with Crippen molar-refractivity contribution in [3.8, 4) is 5.69 Å². The summed E-state index contributed by atoms with van der Waals surface area (Å²) in [5.74, 6) is 0.483. The lowest BCUT2D eigenvalue weighted by Crippen LogP contribution is -2.58. The Hall–Kier alpha value is -4.21. The highest BCUT2D eigenvalue weighted by atomic mass is 16.4. The van der Waals surface area contributed by atoms with E-state index in [1.807, 2.05) is 41.3 Å². The molecular weight excluding hydrogens is 420 g/mol. The van der Waals surface area contributed by atoms with Gasteiger partial charge in [-0.1, -0.05) is 18.6 Å². The molecular formula is C23H22N8O2. The first-order valence-electron chi connectivity index (χ1n) is 10.9. The maximum Gasteiger partial charge on any atom is 0.364 e. The topological polar surface area (TPSA) is 141 Å². The highest BCUT2D eigenvalue weighted by Crippen LogP contribution is 2.40. The molecule has 33 heavy (non-hydrogen) atoms. The summed E-state index contributed by atoms with van der Waals surface area (Å²) in [6.45, 7) is 0. The van der Waals surface area contributed by atoms with Gasteiger partial charge in [0.15, 0.2) is 5.69 Å². The van der Waals surface area contributed by atoms with Gasteiger partial charge < -0.3 is 15.9 Å². The smallest absolute Gasteiger partial charge is 0.364 e. The number of hydrogen-bond donors (Lipinski definition) is 2. The molecule has 1 aliphatic heterocycles. The van der Waals surface area contributed by atoms with Crippen LogP contribution in [0.5, 0.6) is 0 Å². The molecule has 1 fully saturated rings. The fourth-order valence-electron chi connectivity index (χ4n) is 4.83. The Bertz CT molecular complexity index is 1480. The molecule has 2 aliphatic rings. The van der Waals surface area contributed by atoms with Crippen LogP contribution in [-0.2, 0) is 0 Å². The number of aromatic nitrogens is 3. The molecule has 0 bridgehead atoms. The summed E-state index contributed by atoms with van der Waals surface area (Å²) in [5, 5.41) is 9.53. The third-order valence-corrected chi connectivity index (χ3v) is 6.31. The number of benzene rings is 2. The van der Waals surface area contributed by atoms with Gasteiger partial charge >= 0.3 is 5.63 Å². The molecule has 4 aromatic rings. The van der Waals surface area contributed by atoms with Crippen LogP contribution < -0.4 is 22.0 Å². The van der Waals surface area contributed by atoms with Crippen LogP contribution in [0.4, 0.5) is 5.69 Å². The number of aliphatic imine (C=N–C) groups is 2. The Balaban J connectivity index is 1.44. The number of fused-ring (bicyclic) bond motifs is 2. The highest BCUT2D eigenvalue weighted by molar-refractivity contribution is 6.06. The number of hydrogen-bond acceptors (Lipinski definition) is 9. The van der Waals surface area contributed by atoms with Crippen molar-refractivity contribution in [2.24, 2.45) is 21.5 Å². The van der Waals surface area contributed by atoms with Gasteiger partial charge in [0.1, 0.15) is 22.3 Å². The third-order valence-electron chi connectivity index (χ3n) is 6.31. The largest absolute Gasteiger partial charge is 0.421 e. The van der Waals surface area contributed by atoms with E-state index in [0.29, 0.717) is 16.6 Å². The monoisotopic (exact) mass is 442 g/mol. The van der Waals surface area contributed by atoms with Gasteiger partial charge in [0.05, 0.1) is 5.69 Å².